The molecule has 2 fully saturated rings. The van der Waals surface area contributed by atoms with Crippen LogP contribution in [0.4, 0.5) is 4.79 Å². The van der Waals surface area contributed by atoms with E-state index in [0.717, 1.165) is 44.6 Å². The van der Waals surface area contributed by atoms with E-state index in [2.05, 4.69) is 10.3 Å². The molecule has 0 radical (unpaired) electrons. The summed E-state index contributed by atoms with van der Waals surface area (Å²) in [6.45, 7) is 2.89. The van der Waals surface area contributed by atoms with Crippen molar-refractivity contribution in [2.75, 3.05) is 26.9 Å². The summed E-state index contributed by atoms with van der Waals surface area (Å²) in [7, 11) is 1.59. The Balaban J connectivity index is 1.54. The topological polar surface area (TPSA) is 63.7 Å². The van der Waals surface area contributed by atoms with Crippen molar-refractivity contribution in [1.82, 2.24) is 15.2 Å². The Morgan fingerprint density at radius 2 is 2.36 bits per heavy atom. The number of nitrogens with one attached hydrogen (secondary N) is 1. The number of amides is 2. The molecular formula is C16H23N3O3. The fraction of sp³-hybridized carbons (Fsp3) is 0.625. The van der Waals surface area contributed by atoms with Crippen molar-refractivity contribution in [2.24, 2.45) is 5.92 Å². The van der Waals surface area contributed by atoms with Gasteiger partial charge in [0, 0.05) is 43.9 Å². The lowest BCUT2D eigenvalue weighted by Gasteiger charge is -2.25. The minimum absolute atomic E-state index is 0.0187. The van der Waals surface area contributed by atoms with E-state index in [-0.39, 0.29) is 6.03 Å². The minimum Gasteiger partial charge on any atom is -0.481 e. The van der Waals surface area contributed by atoms with Crippen LogP contribution in [0.5, 0.6) is 5.88 Å². The number of ether oxygens (including phenoxy) is 2. The molecule has 2 heterocycles. The zero-order valence-corrected chi connectivity index (χ0v) is 13.0. The summed E-state index contributed by atoms with van der Waals surface area (Å²) in [6.07, 6.45) is 4.97. The van der Waals surface area contributed by atoms with Crippen LogP contribution in [0, 0.1) is 5.92 Å². The highest BCUT2D eigenvalue weighted by Gasteiger charge is 2.34. The lowest BCUT2D eigenvalue weighted by molar-refractivity contribution is 0.162. The second-order valence-corrected chi connectivity index (χ2v) is 5.98. The maximum atomic E-state index is 12.5. The van der Waals surface area contributed by atoms with Gasteiger partial charge in [0.25, 0.3) is 0 Å². The van der Waals surface area contributed by atoms with Gasteiger partial charge in [0.05, 0.1) is 13.7 Å². The van der Waals surface area contributed by atoms with E-state index in [1.54, 1.807) is 13.3 Å². The van der Waals surface area contributed by atoms with Crippen molar-refractivity contribution in [3.05, 3.63) is 23.9 Å². The highest BCUT2D eigenvalue weighted by atomic mass is 16.5. The molecule has 6 nitrogen and oxygen atoms in total. The first-order chi connectivity index (χ1) is 10.8. The van der Waals surface area contributed by atoms with Gasteiger partial charge >= 0.3 is 6.03 Å². The quantitative estimate of drug-likeness (QED) is 0.870. The molecule has 6 heteroatoms. The van der Waals surface area contributed by atoms with Crippen molar-refractivity contribution in [3.8, 4) is 5.88 Å². The zero-order valence-electron chi connectivity index (χ0n) is 13.0. The number of methoxy groups -OCH3 is 1. The number of pyridine rings is 1. The standard InChI is InChI=1S/C16H23N3O3/c1-21-15-8-12(4-6-17-15)9-18-16(20)19(14-2-3-14)10-13-5-7-22-11-13/h4,6,8,13-14H,2-3,5,7,9-11H2,1H3,(H,18,20)/t13-/m0/s1. The molecule has 1 N–H and O–H groups in total. The van der Waals surface area contributed by atoms with E-state index in [0.29, 0.717) is 24.4 Å². The van der Waals surface area contributed by atoms with Crippen molar-refractivity contribution in [3.63, 3.8) is 0 Å². The fourth-order valence-corrected chi connectivity index (χ4v) is 2.74. The zero-order chi connectivity index (χ0) is 15.4. The van der Waals surface area contributed by atoms with Gasteiger partial charge in [-0.25, -0.2) is 9.78 Å². The van der Waals surface area contributed by atoms with E-state index in [1.807, 2.05) is 17.0 Å². The molecule has 1 aliphatic carbocycles. The third kappa shape index (κ3) is 3.88. The van der Waals surface area contributed by atoms with Crippen LogP contribution in [-0.4, -0.2) is 48.8 Å². The predicted molar refractivity (Wildman–Crippen MR) is 81.7 cm³/mol. The first kappa shape index (κ1) is 15.1. The Kier molecular flexibility index (Phi) is 4.77. The normalized spacial score (nSPS) is 20.7. The molecule has 120 valence electrons. The van der Waals surface area contributed by atoms with Crippen LogP contribution in [0.25, 0.3) is 0 Å². The lowest BCUT2D eigenvalue weighted by Crippen LogP contribution is -2.43. The van der Waals surface area contributed by atoms with Gasteiger partial charge in [-0.05, 0) is 30.9 Å². The van der Waals surface area contributed by atoms with Gasteiger partial charge in [0.1, 0.15) is 0 Å². The molecule has 1 saturated heterocycles. The van der Waals surface area contributed by atoms with Crippen LogP contribution in [0.15, 0.2) is 18.3 Å². The fourth-order valence-electron chi connectivity index (χ4n) is 2.74. The third-order valence-corrected chi connectivity index (χ3v) is 4.18. The van der Waals surface area contributed by atoms with Crippen LogP contribution in [0.3, 0.4) is 0 Å². The van der Waals surface area contributed by atoms with E-state index >= 15 is 0 Å². The summed E-state index contributed by atoms with van der Waals surface area (Å²) in [5.74, 6) is 1.04. The second-order valence-electron chi connectivity index (χ2n) is 5.98. The largest absolute Gasteiger partial charge is 0.481 e. The first-order valence-corrected chi connectivity index (χ1v) is 7.87. The summed E-state index contributed by atoms with van der Waals surface area (Å²) in [6, 6.07) is 4.15. The van der Waals surface area contributed by atoms with Crippen LogP contribution in [0.1, 0.15) is 24.8 Å². The minimum atomic E-state index is 0.0187. The number of nitrogens with zero attached hydrogens (tertiary/aromatic N) is 2. The molecule has 0 spiro atoms. The molecule has 3 rings (SSSR count). The molecular weight excluding hydrogens is 282 g/mol. The van der Waals surface area contributed by atoms with Crippen LogP contribution in [0.2, 0.25) is 0 Å². The molecule has 22 heavy (non-hydrogen) atoms. The number of carbonyl (C=O) groups is 1. The number of urea groups is 1. The van der Waals surface area contributed by atoms with Crippen molar-refractivity contribution < 1.29 is 14.3 Å². The molecule has 0 aromatic carbocycles. The maximum absolute atomic E-state index is 12.5. The average Bonchev–Trinajstić information content (AvgIpc) is 3.26. The smallest absolute Gasteiger partial charge is 0.317 e. The SMILES string of the molecule is COc1cc(CNC(=O)N(C[C@@H]2CCOC2)C2CC2)ccn1. The summed E-state index contributed by atoms with van der Waals surface area (Å²) >= 11 is 0. The number of carbonyl (C=O) groups excluding carboxylic acids is 1. The Bertz CT molecular complexity index is 513. The van der Waals surface area contributed by atoms with Crippen LogP contribution >= 0.6 is 0 Å². The predicted octanol–water partition coefficient (Wildman–Crippen LogP) is 1.80. The van der Waals surface area contributed by atoms with Crippen LogP contribution in [-0.2, 0) is 11.3 Å². The van der Waals surface area contributed by atoms with Gasteiger partial charge in [-0.1, -0.05) is 0 Å². The van der Waals surface area contributed by atoms with Crippen LogP contribution < -0.4 is 10.1 Å². The third-order valence-electron chi connectivity index (χ3n) is 4.18. The van der Waals surface area contributed by atoms with Gasteiger partial charge in [-0.3, -0.25) is 0 Å². The Hall–Kier alpha value is -1.82. The van der Waals surface area contributed by atoms with E-state index in [4.69, 9.17) is 9.47 Å². The molecule has 1 aromatic heterocycles. The Morgan fingerprint density at radius 1 is 1.50 bits per heavy atom. The molecule has 1 atom stereocenters. The summed E-state index contributed by atoms with van der Waals surface area (Å²) < 4.78 is 10.5. The molecule has 0 unspecified atom stereocenters. The summed E-state index contributed by atoms with van der Waals surface area (Å²) in [4.78, 5) is 18.5. The van der Waals surface area contributed by atoms with Crippen molar-refractivity contribution in [2.45, 2.75) is 31.8 Å². The summed E-state index contributed by atoms with van der Waals surface area (Å²) in [5, 5.41) is 3.01. The molecule has 0 bridgehead atoms. The average molecular weight is 305 g/mol. The number of rotatable bonds is 6. The van der Waals surface area contributed by atoms with E-state index in [9.17, 15) is 4.79 Å². The van der Waals surface area contributed by atoms with E-state index < -0.39 is 0 Å². The maximum Gasteiger partial charge on any atom is 0.317 e. The number of aromatic nitrogens is 1. The van der Waals surface area contributed by atoms with E-state index in [1.165, 1.54) is 0 Å². The number of hydrogen-bond donors (Lipinski definition) is 1. The highest BCUT2D eigenvalue weighted by molar-refractivity contribution is 5.75. The molecule has 1 aliphatic heterocycles. The lowest BCUT2D eigenvalue weighted by atomic mass is 10.1. The van der Waals surface area contributed by atoms with Gasteiger partial charge in [0.2, 0.25) is 5.88 Å². The van der Waals surface area contributed by atoms with Crippen molar-refractivity contribution >= 4 is 6.03 Å². The molecule has 1 aromatic rings. The number of hydrogen-bond acceptors (Lipinski definition) is 4. The second kappa shape index (κ2) is 6.96. The van der Waals surface area contributed by atoms with Crippen molar-refractivity contribution in [1.29, 1.82) is 0 Å². The summed E-state index contributed by atoms with van der Waals surface area (Å²) in [5.41, 5.74) is 0.986. The highest BCUT2D eigenvalue weighted by Crippen LogP contribution is 2.29. The van der Waals surface area contributed by atoms with Gasteiger partial charge in [-0.15, -0.1) is 0 Å². The Labute approximate surface area is 130 Å². The first-order valence-electron chi connectivity index (χ1n) is 7.87. The Morgan fingerprint density at radius 3 is 3.05 bits per heavy atom. The van der Waals surface area contributed by atoms with Gasteiger partial charge in [-0.2, -0.15) is 0 Å². The molecule has 1 saturated carbocycles. The van der Waals surface area contributed by atoms with Gasteiger partial charge in [0.15, 0.2) is 0 Å². The monoisotopic (exact) mass is 305 g/mol. The van der Waals surface area contributed by atoms with Gasteiger partial charge < -0.3 is 19.7 Å². The molecule has 2 aliphatic rings. The molecule has 2 amide bonds.